The topological polar surface area (TPSA) is 32.7 Å². The molecule has 2 aliphatic rings. The fourth-order valence-corrected chi connectivity index (χ4v) is 3.30. The monoisotopic (exact) mass is 358 g/mol. The number of anilines is 1. The first kappa shape index (κ1) is 16.8. The van der Waals surface area contributed by atoms with E-state index in [0.29, 0.717) is 24.0 Å². The molecular weight excluding hydrogens is 341 g/mol. The second-order valence-corrected chi connectivity index (χ2v) is 6.88. The summed E-state index contributed by atoms with van der Waals surface area (Å²) in [5, 5.41) is 0. The lowest BCUT2D eigenvalue weighted by molar-refractivity contribution is -0.137. The van der Waals surface area contributed by atoms with Crippen LogP contribution < -0.4 is 4.90 Å². The molecule has 2 aromatic carbocycles. The maximum absolute atomic E-state index is 13.1. The smallest absolute Gasteiger partial charge is 0.321 e. The van der Waals surface area contributed by atoms with Gasteiger partial charge in [0.25, 0.3) is 5.91 Å². The Morgan fingerprint density at radius 1 is 1.15 bits per heavy atom. The summed E-state index contributed by atoms with van der Waals surface area (Å²) >= 11 is 0. The lowest BCUT2D eigenvalue weighted by atomic mass is 10.1. The molecule has 2 aromatic rings. The molecular formula is C20H17F3N2O. The van der Waals surface area contributed by atoms with Crippen LogP contribution in [0.4, 0.5) is 18.9 Å². The van der Waals surface area contributed by atoms with E-state index in [9.17, 15) is 18.0 Å². The molecule has 0 spiro atoms. The van der Waals surface area contributed by atoms with Gasteiger partial charge in [-0.2, -0.15) is 18.2 Å². The first-order valence-corrected chi connectivity index (χ1v) is 8.50. The lowest BCUT2D eigenvalue weighted by Gasteiger charge is -2.20. The highest BCUT2D eigenvalue weighted by atomic mass is 19.4. The van der Waals surface area contributed by atoms with Crippen molar-refractivity contribution in [2.45, 2.75) is 26.1 Å². The molecule has 1 aliphatic heterocycles. The molecule has 1 fully saturated rings. The minimum Gasteiger partial charge on any atom is -0.321 e. The summed E-state index contributed by atoms with van der Waals surface area (Å²) in [6.07, 6.45) is -3.60. The molecule has 1 heterocycles. The van der Waals surface area contributed by atoms with E-state index in [1.807, 2.05) is 31.2 Å². The Hall–Kier alpha value is -2.63. The van der Waals surface area contributed by atoms with Crippen molar-refractivity contribution in [3.8, 4) is 0 Å². The SMILES string of the molecule is CC1CC1C(=O)N=C1c2ccccc2CN1c1cccc(C(F)(F)F)c1. The summed E-state index contributed by atoms with van der Waals surface area (Å²) in [4.78, 5) is 18.4. The minimum atomic E-state index is -4.42. The predicted octanol–water partition coefficient (Wildman–Crippen LogP) is 4.65. The molecule has 1 saturated carbocycles. The van der Waals surface area contributed by atoms with Crippen LogP contribution >= 0.6 is 0 Å². The summed E-state index contributed by atoms with van der Waals surface area (Å²) in [5.41, 5.74) is 1.41. The molecule has 6 heteroatoms. The molecule has 0 bridgehead atoms. The molecule has 1 amide bonds. The van der Waals surface area contributed by atoms with E-state index < -0.39 is 11.7 Å². The zero-order valence-electron chi connectivity index (χ0n) is 14.1. The van der Waals surface area contributed by atoms with Crippen LogP contribution in [-0.4, -0.2) is 11.7 Å². The summed E-state index contributed by atoms with van der Waals surface area (Å²) in [6.45, 7) is 2.39. The van der Waals surface area contributed by atoms with E-state index in [2.05, 4.69) is 4.99 Å². The largest absolute Gasteiger partial charge is 0.416 e. The van der Waals surface area contributed by atoms with Gasteiger partial charge in [-0.3, -0.25) is 4.79 Å². The zero-order valence-corrected chi connectivity index (χ0v) is 14.1. The third-order valence-corrected chi connectivity index (χ3v) is 4.97. The number of nitrogens with zero attached hydrogens (tertiary/aromatic N) is 2. The van der Waals surface area contributed by atoms with Crippen molar-refractivity contribution in [1.82, 2.24) is 0 Å². The number of fused-ring (bicyclic) bond motifs is 1. The molecule has 2 unspecified atom stereocenters. The number of amidine groups is 1. The number of aliphatic imine (C=N–C) groups is 1. The van der Waals surface area contributed by atoms with Gasteiger partial charge in [0.1, 0.15) is 5.84 Å². The maximum Gasteiger partial charge on any atom is 0.416 e. The molecule has 0 radical (unpaired) electrons. The van der Waals surface area contributed by atoms with Crippen LogP contribution in [0.5, 0.6) is 0 Å². The Morgan fingerprint density at radius 2 is 1.88 bits per heavy atom. The van der Waals surface area contributed by atoms with E-state index in [-0.39, 0.29) is 11.8 Å². The first-order valence-electron chi connectivity index (χ1n) is 8.50. The number of rotatable bonds is 2. The summed E-state index contributed by atoms with van der Waals surface area (Å²) < 4.78 is 39.2. The van der Waals surface area contributed by atoms with Crippen molar-refractivity contribution >= 4 is 17.4 Å². The standard InChI is InChI=1S/C20H17F3N2O/c1-12-9-17(12)19(26)24-18-16-8-3-2-5-13(16)11-25(18)15-7-4-6-14(10-15)20(21,22)23/h2-8,10,12,17H,9,11H2,1H3. The van der Waals surface area contributed by atoms with Crippen molar-refractivity contribution in [2.75, 3.05) is 4.90 Å². The highest BCUT2D eigenvalue weighted by Crippen LogP contribution is 2.40. The van der Waals surface area contributed by atoms with Gasteiger partial charge in [0.2, 0.25) is 0 Å². The zero-order chi connectivity index (χ0) is 18.5. The normalized spacial score (nSPS) is 23.2. The van der Waals surface area contributed by atoms with Crippen LogP contribution in [-0.2, 0) is 17.5 Å². The predicted molar refractivity (Wildman–Crippen MR) is 92.9 cm³/mol. The molecule has 1 aliphatic carbocycles. The number of hydrogen-bond acceptors (Lipinski definition) is 1. The van der Waals surface area contributed by atoms with Crippen molar-refractivity contribution in [3.05, 3.63) is 65.2 Å². The maximum atomic E-state index is 13.1. The van der Waals surface area contributed by atoms with E-state index in [1.165, 1.54) is 6.07 Å². The minimum absolute atomic E-state index is 0.0707. The number of carbonyl (C=O) groups excluding carboxylic acids is 1. The first-order chi connectivity index (χ1) is 12.3. The Labute approximate surface area is 149 Å². The highest BCUT2D eigenvalue weighted by Gasteiger charge is 2.40. The molecule has 26 heavy (non-hydrogen) atoms. The molecule has 134 valence electrons. The van der Waals surface area contributed by atoms with Crippen LogP contribution in [0.25, 0.3) is 0 Å². The second-order valence-electron chi connectivity index (χ2n) is 6.88. The number of carbonyl (C=O) groups is 1. The highest BCUT2D eigenvalue weighted by molar-refractivity contribution is 6.17. The third kappa shape index (κ3) is 3.00. The van der Waals surface area contributed by atoms with Gasteiger partial charge < -0.3 is 4.90 Å². The fourth-order valence-electron chi connectivity index (χ4n) is 3.30. The third-order valence-electron chi connectivity index (χ3n) is 4.97. The molecule has 0 N–H and O–H groups in total. The van der Waals surface area contributed by atoms with E-state index in [0.717, 1.165) is 29.7 Å². The fraction of sp³-hybridized carbons (Fsp3) is 0.300. The van der Waals surface area contributed by atoms with Crippen LogP contribution in [0.2, 0.25) is 0 Å². The average molecular weight is 358 g/mol. The van der Waals surface area contributed by atoms with E-state index in [4.69, 9.17) is 0 Å². The second kappa shape index (κ2) is 5.97. The van der Waals surface area contributed by atoms with Crippen LogP contribution in [0.15, 0.2) is 53.5 Å². The lowest BCUT2D eigenvalue weighted by Crippen LogP contribution is -2.26. The quantitative estimate of drug-likeness (QED) is 0.782. The van der Waals surface area contributed by atoms with Gasteiger partial charge in [-0.15, -0.1) is 0 Å². The van der Waals surface area contributed by atoms with Gasteiger partial charge in [0.15, 0.2) is 0 Å². The van der Waals surface area contributed by atoms with Gasteiger partial charge >= 0.3 is 6.18 Å². The van der Waals surface area contributed by atoms with Gasteiger partial charge in [-0.05, 0) is 36.1 Å². The number of alkyl halides is 3. The Kier molecular flexibility index (Phi) is 3.86. The average Bonchev–Trinajstić information content (AvgIpc) is 3.24. The molecule has 2 atom stereocenters. The summed E-state index contributed by atoms with van der Waals surface area (Å²) in [6, 6.07) is 12.6. The number of halogens is 3. The number of benzene rings is 2. The van der Waals surface area contributed by atoms with Crippen LogP contribution in [0, 0.1) is 11.8 Å². The Bertz CT molecular complexity index is 904. The van der Waals surface area contributed by atoms with Crippen molar-refractivity contribution < 1.29 is 18.0 Å². The Balaban J connectivity index is 1.76. The molecule has 4 rings (SSSR count). The number of hydrogen-bond donors (Lipinski definition) is 0. The van der Waals surface area contributed by atoms with Gasteiger partial charge in [0, 0.05) is 17.2 Å². The van der Waals surface area contributed by atoms with Crippen molar-refractivity contribution in [2.24, 2.45) is 16.8 Å². The Morgan fingerprint density at radius 3 is 2.58 bits per heavy atom. The molecule has 0 saturated heterocycles. The van der Waals surface area contributed by atoms with Crippen LogP contribution in [0.1, 0.15) is 30.0 Å². The number of amides is 1. The van der Waals surface area contributed by atoms with Gasteiger partial charge in [-0.1, -0.05) is 37.3 Å². The van der Waals surface area contributed by atoms with Crippen molar-refractivity contribution in [1.29, 1.82) is 0 Å². The van der Waals surface area contributed by atoms with E-state index in [1.54, 1.807) is 11.0 Å². The molecule has 0 aromatic heterocycles. The van der Waals surface area contributed by atoms with Crippen LogP contribution in [0.3, 0.4) is 0 Å². The summed E-state index contributed by atoms with van der Waals surface area (Å²) in [7, 11) is 0. The van der Waals surface area contributed by atoms with Gasteiger partial charge in [0.05, 0.1) is 12.1 Å². The van der Waals surface area contributed by atoms with E-state index >= 15 is 0 Å². The van der Waals surface area contributed by atoms with Gasteiger partial charge in [-0.25, -0.2) is 0 Å². The van der Waals surface area contributed by atoms with Crippen molar-refractivity contribution in [3.63, 3.8) is 0 Å². The molecule has 3 nitrogen and oxygen atoms in total. The summed E-state index contributed by atoms with van der Waals surface area (Å²) in [5.74, 6) is 0.495.